The summed E-state index contributed by atoms with van der Waals surface area (Å²) in [5.74, 6) is 1.03. The minimum absolute atomic E-state index is 0. The maximum atomic E-state index is 13.3. The second-order valence-electron chi connectivity index (χ2n) is 9.06. The zero-order valence-corrected chi connectivity index (χ0v) is 23.9. The molecular weight excluding hydrogens is 571 g/mol. The largest absolute Gasteiger partial charge is 0.506 e. The van der Waals surface area contributed by atoms with Gasteiger partial charge in [-0.3, -0.25) is 4.79 Å². The molecule has 0 unspecified atom stereocenters. The van der Waals surface area contributed by atoms with Gasteiger partial charge in [-0.25, -0.2) is 19.4 Å². The first-order valence-corrected chi connectivity index (χ1v) is 12.3. The Morgan fingerprint density at radius 1 is 0.800 bits per heavy atom. The van der Waals surface area contributed by atoms with Crippen molar-refractivity contribution in [2.24, 2.45) is 0 Å². The molecule has 2 aromatic carbocycles. The second kappa shape index (κ2) is 13.5. The molecule has 208 valence electrons. The van der Waals surface area contributed by atoms with Crippen LogP contribution in [-0.2, 0) is 6.42 Å². The molecule has 1 aliphatic heterocycles. The highest BCUT2D eigenvalue weighted by Gasteiger charge is 2.19. The van der Waals surface area contributed by atoms with E-state index in [1.54, 1.807) is 12.4 Å². The first-order valence-electron chi connectivity index (χ1n) is 12.3. The van der Waals surface area contributed by atoms with E-state index in [1.807, 2.05) is 48.5 Å². The molecule has 0 atom stereocenters. The molecule has 11 heteroatoms. The van der Waals surface area contributed by atoms with Gasteiger partial charge in [0.05, 0.1) is 5.69 Å². The Hall–Kier alpha value is -3.85. The van der Waals surface area contributed by atoms with Gasteiger partial charge in [-0.05, 0) is 29.8 Å². The van der Waals surface area contributed by atoms with Crippen LogP contribution in [0.25, 0.3) is 11.5 Å². The molecule has 0 spiro atoms. The van der Waals surface area contributed by atoms with E-state index < -0.39 is 0 Å². The van der Waals surface area contributed by atoms with Crippen molar-refractivity contribution in [2.45, 2.75) is 6.42 Å². The normalized spacial score (nSPS) is 13.6. The van der Waals surface area contributed by atoms with Crippen molar-refractivity contribution < 1.29 is 5.11 Å². The average molecular weight is 600 g/mol. The fourth-order valence-electron chi connectivity index (χ4n) is 4.80. The molecular formula is C29H29Cl3N6O2. The number of nitrogens with zero attached hydrogens (tertiary/aromatic N) is 6. The van der Waals surface area contributed by atoms with E-state index in [1.165, 1.54) is 16.3 Å². The predicted octanol–water partition coefficient (Wildman–Crippen LogP) is 4.10. The number of halogens is 3. The molecule has 40 heavy (non-hydrogen) atoms. The number of pyridine rings is 1. The lowest BCUT2D eigenvalue weighted by Crippen LogP contribution is -2.46. The van der Waals surface area contributed by atoms with Crippen molar-refractivity contribution in [1.82, 2.24) is 19.4 Å². The number of rotatable bonds is 5. The predicted molar refractivity (Wildman–Crippen MR) is 166 cm³/mol. The van der Waals surface area contributed by atoms with Crippen molar-refractivity contribution >= 4 is 60.3 Å². The van der Waals surface area contributed by atoms with E-state index in [-0.39, 0.29) is 53.8 Å². The van der Waals surface area contributed by atoms with Gasteiger partial charge in [0.15, 0.2) is 0 Å². The van der Waals surface area contributed by atoms with Gasteiger partial charge >= 0.3 is 0 Å². The van der Waals surface area contributed by atoms with Crippen LogP contribution in [0.15, 0.2) is 96.2 Å². The Kier molecular flexibility index (Phi) is 10.3. The van der Waals surface area contributed by atoms with Crippen molar-refractivity contribution in [1.29, 1.82) is 0 Å². The molecule has 6 rings (SSSR count). The number of benzene rings is 2. The third-order valence-corrected chi connectivity index (χ3v) is 6.77. The number of aliphatic hydroxyl groups is 1. The van der Waals surface area contributed by atoms with Gasteiger partial charge in [0.1, 0.15) is 16.8 Å². The molecule has 8 nitrogen and oxygen atoms in total. The number of hydrogen-bond acceptors (Lipinski definition) is 7. The van der Waals surface area contributed by atoms with Gasteiger partial charge in [-0.2, -0.15) is 0 Å². The smallest absolute Gasteiger partial charge is 0.270 e. The van der Waals surface area contributed by atoms with Crippen molar-refractivity contribution in [3.8, 4) is 0 Å². The maximum absolute atomic E-state index is 13.3. The van der Waals surface area contributed by atoms with Gasteiger partial charge in [0.2, 0.25) is 5.78 Å². The summed E-state index contributed by atoms with van der Waals surface area (Å²) >= 11 is 0. The van der Waals surface area contributed by atoms with Gasteiger partial charge in [-0.15, -0.1) is 37.2 Å². The van der Waals surface area contributed by atoms with Gasteiger partial charge < -0.3 is 14.9 Å². The third kappa shape index (κ3) is 6.14. The van der Waals surface area contributed by atoms with E-state index in [2.05, 4.69) is 49.0 Å². The lowest BCUT2D eigenvalue weighted by atomic mass is 10.1. The van der Waals surface area contributed by atoms with E-state index >= 15 is 0 Å². The Morgan fingerprint density at radius 2 is 1.45 bits per heavy atom. The first-order chi connectivity index (χ1) is 18.2. The van der Waals surface area contributed by atoms with Crippen LogP contribution in [0.1, 0.15) is 16.8 Å². The Balaban J connectivity index is 0.00000147. The highest BCUT2D eigenvalue weighted by atomic mass is 35.5. The lowest BCUT2D eigenvalue weighted by Gasteiger charge is -2.36. The minimum atomic E-state index is -0.355. The zero-order valence-electron chi connectivity index (χ0n) is 21.5. The van der Waals surface area contributed by atoms with Crippen molar-refractivity contribution in [3.05, 3.63) is 124 Å². The van der Waals surface area contributed by atoms with E-state index in [0.717, 1.165) is 37.6 Å². The molecule has 0 aliphatic carbocycles. The SMILES string of the molecule is Cl.Cl.Cl.O=c1c(=C(O)c2ccc(N3CCN(c4ccccc4)CC3)nc2)c(Cc2ccccc2)nc2nccn12. The van der Waals surface area contributed by atoms with Crippen molar-refractivity contribution in [2.75, 3.05) is 36.0 Å². The summed E-state index contributed by atoms with van der Waals surface area (Å²) < 4.78 is 1.36. The number of anilines is 2. The number of aromatic nitrogens is 4. The second-order valence-corrected chi connectivity index (χ2v) is 9.06. The molecule has 0 bridgehead atoms. The van der Waals surface area contributed by atoms with E-state index in [4.69, 9.17) is 0 Å². The fourth-order valence-corrected chi connectivity index (χ4v) is 4.80. The van der Waals surface area contributed by atoms with Crippen LogP contribution in [0.4, 0.5) is 11.5 Å². The van der Waals surface area contributed by atoms with E-state index in [9.17, 15) is 9.90 Å². The summed E-state index contributed by atoms with van der Waals surface area (Å²) in [5, 5.41) is 11.4. The van der Waals surface area contributed by atoms with Gasteiger partial charge in [-0.1, -0.05) is 48.5 Å². The van der Waals surface area contributed by atoms with Crippen LogP contribution < -0.4 is 20.6 Å². The number of para-hydroxylation sites is 1. The summed E-state index contributed by atoms with van der Waals surface area (Å²) in [6.07, 6.45) is 5.11. The highest BCUT2D eigenvalue weighted by Crippen LogP contribution is 2.20. The van der Waals surface area contributed by atoms with E-state index in [0.29, 0.717) is 23.5 Å². The van der Waals surface area contributed by atoms with Gasteiger partial charge in [0.25, 0.3) is 5.56 Å². The Labute approximate surface area is 250 Å². The summed E-state index contributed by atoms with van der Waals surface area (Å²) in [6, 6.07) is 23.9. The minimum Gasteiger partial charge on any atom is -0.506 e. The fraction of sp³-hybridized carbons (Fsp3) is 0.172. The number of hydrogen-bond donors (Lipinski definition) is 1. The number of aliphatic hydroxyl groups excluding tert-OH is 1. The maximum Gasteiger partial charge on any atom is 0.270 e. The average Bonchev–Trinajstić information content (AvgIpc) is 3.43. The molecule has 0 amide bonds. The van der Waals surface area contributed by atoms with Crippen LogP contribution in [0.3, 0.4) is 0 Å². The van der Waals surface area contributed by atoms with Crippen molar-refractivity contribution in [3.63, 3.8) is 0 Å². The molecule has 5 aromatic rings. The van der Waals surface area contributed by atoms with Crippen LogP contribution in [-0.4, -0.2) is 50.6 Å². The van der Waals surface area contributed by atoms with Crippen LogP contribution >= 0.6 is 37.2 Å². The van der Waals surface area contributed by atoms with Gasteiger partial charge in [0, 0.05) is 62.4 Å². The quantitative estimate of drug-likeness (QED) is 0.326. The summed E-state index contributed by atoms with van der Waals surface area (Å²) in [4.78, 5) is 31.4. The molecule has 4 heterocycles. The lowest BCUT2D eigenvalue weighted by molar-refractivity contribution is 0.505. The summed E-state index contributed by atoms with van der Waals surface area (Å²) in [5.41, 5.74) is 2.82. The summed E-state index contributed by atoms with van der Waals surface area (Å²) in [7, 11) is 0. The molecule has 0 saturated carbocycles. The first kappa shape index (κ1) is 30.7. The molecule has 1 saturated heterocycles. The molecule has 1 fully saturated rings. The highest BCUT2D eigenvalue weighted by molar-refractivity contribution is 5.86. The molecule has 3 aromatic heterocycles. The molecule has 1 N–H and O–H groups in total. The number of imidazole rings is 1. The molecule has 1 aliphatic rings. The Bertz CT molecular complexity index is 1640. The van der Waals surface area contributed by atoms with Crippen LogP contribution in [0, 0.1) is 0 Å². The zero-order chi connectivity index (χ0) is 25.2. The van der Waals surface area contributed by atoms with Crippen LogP contribution in [0.2, 0.25) is 0 Å². The standard InChI is InChI=1S/C29H26N6O2.3ClH/c36-27(26-24(19-21-7-3-1-4-8-21)32-29-30-13-14-35(29)28(26)37)22-11-12-25(31-20-22)34-17-15-33(16-18-34)23-9-5-2-6-10-23;;;/h1-14,20,36H,15-19H2;3*1H. The third-order valence-electron chi connectivity index (χ3n) is 6.77. The monoisotopic (exact) mass is 598 g/mol. The topological polar surface area (TPSA) is 86.9 Å². The number of fused-ring (bicyclic) bond motifs is 1. The molecule has 0 radical (unpaired) electrons. The van der Waals surface area contributed by atoms with Crippen LogP contribution in [0.5, 0.6) is 0 Å². The Morgan fingerprint density at radius 3 is 2.10 bits per heavy atom. The summed E-state index contributed by atoms with van der Waals surface area (Å²) in [6.45, 7) is 3.52. The number of piperazine rings is 1.